The molecule has 1 N–H and O–H groups in total. The predicted octanol–water partition coefficient (Wildman–Crippen LogP) is 7.47. The quantitative estimate of drug-likeness (QED) is 0.134. The molecule has 218 valence electrons. The van der Waals surface area contributed by atoms with Crippen LogP contribution in [0.5, 0.6) is 0 Å². The summed E-state index contributed by atoms with van der Waals surface area (Å²) < 4.78 is 23.7. The molecule has 0 aliphatic carbocycles. The van der Waals surface area contributed by atoms with Crippen molar-refractivity contribution in [3.63, 3.8) is 0 Å². The third kappa shape index (κ3) is 11.3. The summed E-state index contributed by atoms with van der Waals surface area (Å²) in [5.74, 6) is -1.07. The monoisotopic (exact) mass is 544 g/mol. The zero-order chi connectivity index (χ0) is 27.9. The predicted molar refractivity (Wildman–Crippen MR) is 150 cm³/mol. The van der Waals surface area contributed by atoms with Crippen LogP contribution >= 0.6 is 0 Å². The Bertz CT molecular complexity index is 908. The molecule has 0 bridgehead atoms. The summed E-state index contributed by atoms with van der Waals surface area (Å²) in [6.45, 7) is 4.48. The lowest BCUT2D eigenvalue weighted by molar-refractivity contribution is -0.163. The molecule has 0 saturated carbocycles. The summed E-state index contributed by atoms with van der Waals surface area (Å²) in [6.07, 6.45) is 15.0. The molecule has 2 atom stereocenters. The van der Waals surface area contributed by atoms with E-state index in [-0.39, 0.29) is 12.1 Å². The van der Waals surface area contributed by atoms with Gasteiger partial charge in [-0.25, -0.2) is 4.79 Å². The maximum Gasteiger partial charge on any atom is 0.338 e. The zero-order valence-corrected chi connectivity index (χ0v) is 24.0. The van der Waals surface area contributed by atoms with Crippen LogP contribution in [0.1, 0.15) is 116 Å². The van der Waals surface area contributed by atoms with E-state index in [1.807, 2.05) is 44.2 Å². The standard InChI is InChI=1S/C32H48O7/c1-32(2)37-24-27(39-32)30-29(36-23-25-19-15-14-16-20-25)26(31(35)38-30)21-17-12-10-8-6-4-3-5-7-9-11-13-18-22-28(33)34/h14-16,19-20,27,30H,3-13,17-18,21-24H2,1-2H3,(H,33,34)/t27-,30+/m0/s1. The fourth-order valence-corrected chi connectivity index (χ4v) is 5.27. The first-order valence-electron chi connectivity index (χ1n) is 15.0. The zero-order valence-electron chi connectivity index (χ0n) is 24.0. The van der Waals surface area contributed by atoms with Gasteiger partial charge in [-0.05, 0) is 38.7 Å². The van der Waals surface area contributed by atoms with E-state index < -0.39 is 17.9 Å². The molecule has 7 heteroatoms. The molecule has 2 heterocycles. The Morgan fingerprint density at radius 2 is 1.46 bits per heavy atom. The van der Waals surface area contributed by atoms with Crippen LogP contribution in [0.3, 0.4) is 0 Å². The molecule has 2 aliphatic heterocycles. The number of hydrogen-bond acceptors (Lipinski definition) is 6. The highest BCUT2D eigenvalue weighted by atomic mass is 16.8. The van der Waals surface area contributed by atoms with Crippen LogP contribution in [0.15, 0.2) is 41.7 Å². The van der Waals surface area contributed by atoms with Crippen molar-refractivity contribution in [1.29, 1.82) is 0 Å². The molecule has 0 aromatic heterocycles. The van der Waals surface area contributed by atoms with Gasteiger partial charge in [-0.1, -0.05) is 101 Å². The molecule has 1 fully saturated rings. The highest BCUT2D eigenvalue weighted by molar-refractivity contribution is 5.91. The molecule has 39 heavy (non-hydrogen) atoms. The van der Waals surface area contributed by atoms with Crippen LogP contribution in [-0.4, -0.2) is 41.6 Å². The van der Waals surface area contributed by atoms with Crippen LogP contribution < -0.4 is 0 Å². The number of esters is 1. The van der Waals surface area contributed by atoms with E-state index in [1.54, 1.807) is 0 Å². The molecule has 3 rings (SSSR count). The van der Waals surface area contributed by atoms with Crippen molar-refractivity contribution in [2.24, 2.45) is 0 Å². The number of aliphatic carboxylic acids is 1. The molecule has 1 aromatic carbocycles. The number of carboxylic acid groups (broad SMARTS) is 1. The van der Waals surface area contributed by atoms with Crippen LogP contribution in [0, 0.1) is 0 Å². The summed E-state index contributed by atoms with van der Waals surface area (Å²) in [5, 5.41) is 8.66. The fourth-order valence-electron chi connectivity index (χ4n) is 5.27. The van der Waals surface area contributed by atoms with Crippen molar-refractivity contribution in [1.82, 2.24) is 0 Å². The number of carboxylic acids is 1. The van der Waals surface area contributed by atoms with Crippen molar-refractivity contribution in [2.75, 3.05) is 6.61 Å². The highest BCUT2D eigenvalue weighted by Crippen LogP contribution is 2.36. The lowest BCUT2D eigenvalue weighted by Crippen LogP contribution is -2.33. The third-order valence-corrected chi connectivity index (χ3v) is 7.46. The van der Waals surface area contributed by atoms with Gasteiger partial charge >= 0.3 is 11.9 Å². The smallest absolute Gasteiger partial charge is 0.338 e. The molecule has 0 amide bonds. The molecule has 0 unspecified atom stereocenters. The van der Waals surface area contributed by atoms with E-state index in [0.717, 1.165) is 37.7 Å². The van der Waals surface area contributed by atoms with E-state index in [0.29, 0.717) is 37.4 Å². The van der Waals surface area contributed by atoms with Crippen LogP contribution in [0.2, 0.25) is 0 Å². The topological polar surface area (TPSA) is 91.3 Å². The van der Waals surface area contributed by atoms with E-state index in [4.69, 9.17) is 24.1 Å². The van der Waals surface area contributed by atoms with Gasteiger partial charge in [0.05, 0.1) is 12.2 Å². The van der Waals surface area contributed by atoms with E-state index in [9.17, 15) is 9.59 Å². The van der Waals surface area contributed by atoms with Crippen molar-refractivity contribution in [2.45, 2.75) is 135 Å². The Balaban J connectivity index is 1.34. The van der Waals surface area contributed by atoms with Gasteiger partial charge in [0.15, 0.2) is 17.7 Å². The first kappa shape index (κ1) is 31.2. The number of ether oxygens (including phenoxy) is 4. The maximum atomic E-state index is 12.8. The summed E-state index contributed by atoms with van der Waals surface area (Å²) >= 11 is 0. The minimum atomic E-state index is -0.701. The van der Waals surface area contributed by atoms with Gasteiger partial charge in [-0.3, -0.25) is 4.79 Å². The molecule has 1 aromatic rings. The lowest BCUT2D eigenvalue weighted by Gasteiger charge is -2.22. The summed E-state index contributed by atoms with van der Waals surface area (Å²) in [4.78, 5) is 23.4. The Hall–Kier alpha value is -2.38. The SMILES string of the molecule is CC1(C)OC[C@@H]([C@H]2OC(=O)C(CCCCCCCCCCCCCCCC(=O)O)=C2OCc2ccccc2)O1. The summed E-state index contributed by atoms with van der Waals surface area (Å²) in [7, 11) is 0. The van der Waals surface area contributed by atoms with Crippen LogP contribution in [0.4, 0.5) is 0 Å². The maximum absolute atomic E-state index is 12.8. The van der Waals surface area contributed by atoms with Gasteiger partial charge < -0.3 is 24.1 Å². The van der Waals surface area contributed by atoms with Gasteiger partial charge in [0.25, 0.3) is 0 Å². The van der Waals surface area contributed by atoms with E-state index >= 15 is 0 Å². The van der Waals surface area contributed by atoms with Crippen LogP contribution in [-0.2, 0) is 35.1 Å². The van der Waals surface area contributed by atoms with Crippen molar-refractivity contribution < 1.29 is 33.6 Å². The minimum absolute atomic E-state index is 0.293. The Morgan fingerprint density at radius 1 is 0.897 bits per heavy atom. The Kier molecular flexibility index (Phi) is 13.3. The molecule has 1 saturated heterocycles. The summed E-state index contributed by atoms with van der Waals surface area (Å²) in [6, 6.07) is 9.95. The Morgan fingerprint density at radius 3 is 2.00 bits per heavy atom. The largest absolute Gasteiger partial charge is 0.489 e. The number of rotatable bonds is 20. The van der Waals surface area contributed by atoms with Gasteiger partial charge in [-0.2, -0.15) is 0 Å². The van der Waals surface area contributed by atoms with Crippen molar-refractivity contribution in [3.05, 3.63) is 47.2 Å². The lowest BCUT2D eigenvalue weighted by atomic mass is 10.0. The normalized spacial score (nSPS) is 20.4. The number of carbonyl (C=O) groups excluding carboxylic acids is 1. The third-order valence-electron chi connectivity index (χ3n) is 7.46. The van der Waals surface area contributed by atoms with Gasteiger partial charge in [-0.15, -0.1) is 0 Å². The highest BCUT2D eigenvalue weighted by Gasteiger charge is 2.46. The molecule has 0 spiro atoms. The van der Waals surface area contributed by atoms with Gasteiger partial charge in [0.1, 0.15) is 12.7 Å². The number of unbranched alkanes of at least 4 members (excludes halogenated alkanes) is 12. The van der Waals surface area contributed by atoms with Gasteiger partial charge in [0, 0.05) is 6.42 Å². The minimum Gasteiger partial charge on any atom is -0.489 e. The fraction of sp³-hybridized carbons (Fsp3) is 0.688. The summed E-state index contributed by atoms with van der Waals surface area (Å²) in [5.41, 5.74) is 1.69. The molecular weight excluding hydrogens is 496 g/mol. The van der Waals surface area contributed by atoms with Crippen LogP contribution in [0.25, 0.3) is 0 Å². The van der Waals surface area contributed by atoms with E-state index in [1.165, 1.54) is 51.4 Å². The molecule has 7 nitrogen and oxygen atoms in total. The second kappa shape index (κ2) is 16.7. The average molecular weight is 545 g/mol. The van der Waals surface area contributed by atoms with Gasteiger partial charge in [0.2, 0.25) is 0 Å². The number of benzene rings is 1. The van der Waals surface area contributed by atoms with Crippen molar-refractivity contribution >= 4 is 11.9 Å². The second-order valence-electron chi connectivity index (χ2n) is 11.3. The first-order valence-corrected chi connectivity index (χ1v) is 15.0. The molecule has 2 aliphatic rings. The Labute approximate surface area is 234 Å². The number of carbonyl (C=O) groups is 2. The average Bonchev–Trinajstić information content (AvgIpc) is 3.43. The van der Waals surface area contributed by atoms with Crippen molar-refractivity contribution in [3.8, 4) is 0 Å². The first-order chi connectivity index (χ1) is 18.9. The molecular formula is C32H48O7. The number of hydrogen-bond donors (Lipinski definition) is 1. The second-order valence-corrected chi connectivity index (χ2v) is 11.3. The molecule has 0 radical (unpaired) electrons. The number of cyclic esters (lactones) is 1. The van der Waals surface area contributed by atoms with E-state index in [2.05, 4.69) is 0 Å².